The van der Waals surface area contributed by atoms with E-state index in [1.165, 1.54) is 0 Å². The highest BCUT2D eigenvalue weighted by atomic mass is 19.4. The molecule has 2 rings (SSSR count). The van der Waals surface area contributed by atoms with Crippen LogP contribution in [-0.2, 0) is 22.2 Å². The van der Waals surface area contributed by atoms with E-state index in [-0.39, 0.29) is 12.0 Å². The maximum Gasteiger partial charge on any atom is 0.416 e. The largest absolute Gasteiger partial charge is 0.480 e. The number of aliphatic hydroxyl groups excluding tert-OH is 1. The Hall–Kier alpha value is -2.87. The quantitative estimate of drug-likeness (QED) is 0.718. The number of carboxylic acids is 1. The summed E-state index contributed by atoms with van der Waals surface area (Å²) in [7, 11) is 0. The third kappa shape index (κ3) is 5.55. The predicted molar refractivity (Wildman–Crippen MR) is 90.9 cm³/mol. The molecule has 2 aromatic rings. The number of nitrogens with one attached hydrogen (secondary N) is 1. The van der Waals surface area contributed by atoms with Gasteiger partial charge in [0.2, 0.25) is 0 Å². The van der Waals surface area contributed by atoms with Gasteiger partial charge in [-0.05, 0) is 30.2 Å². The summed E-state index contributed by atoms with van der Waals surface area (Å²) >= 11 is 0. The summed E-state index contributed by atoms with van der Waals surface area (Å²) < 4.78 is 37.7. The Morgan fingerprint density at radius 1 is 1.11 bits per heavy atom. The van der Waals surface area contributed by atoms with Crippen LogP contribution in [-0.4, -0.2) is 28.1 Å². The van der Waals surface area contributed by atoms with Crippen LogP contribution in [0.1, 0.15) is 28.4 Å². The molecule has 8 heteroatoms. The molecule has 0 aliphatic carbocycles. The standard InChI is InChI=1S/C19H18F3NO4/c1-11-3-2-4-12(9-11)10-15(18(26)27)23-17(25)16(24)13-5-7-14(8-6-13)19(20,21)22/h2-9,15-16,24H,10H2,1H3,(H,23,25)(H,26,27)/t15-,16+/m1/s1. The first-order chi connectivity index (χ1) is 12.6. The molecule has 144 valence electrons. The molecule has 0 bridgehead atoms. The molecule has 2 atom stereocenters. The van der Waals surface area contributed by atoms with E-state index in [4.69, 9.17) is 0 Å². The van der Waals surface area contributed by atoms with Gasteiger partial charge in [-0.15, -0.1) is 0 Å². The number of amides is 1. The Morgan fingerprint density at radius 3 is 2.26 bits per heavy atom. The van der Waals surface area contributed by atoms with Gasteiger partial charge in [-0.2, -0.15) is 13.2 Å². The molecule has 3 N–H and O–H groups in total. The Kier molecular flexibility index (Phi) is 6.22. The molecule has 0 aliphatic rings. The van der Waals surface area contributed by atoms with Gasteiger partial charge in [0, 0.05) is 6.42 Å². The van der Waals surface area contributed by atoms with Gasteiger partial charge in [0.25, 0.3) is 5.91 Å². The lowest BCUT2D eigenvalue weighted by Gasteiger charge is -2.18. The molecule has 5 nitrogen and oxygen atoms in total. The van der Waals surface area contributed by atoms with Crippen molar-refractivity contribution in [1.82, 2.24) is 5.32 Å². The smallest absolute Gasteiger partial charge is 0.416 e. The average molecular weight is 381 g/mol. The second kappa shape index (κ2) is 8.22. The summed E-state index contributed by atoms with van der Waals surface area (Å²) in [6, 6.07) is 9.22. The van der Waals surface area contributed by atoms with E-state index in [2.05, 4.69) is 5.32 Å². The molecule has 0 saturated heterocycles. The Morgan fingerprint density at radius 2 is 1.74 bits per heavy atom. The fourth-order valence-electron chi connectivity index (χ4n) is 2.53. The molecule has 2 aromatic carbocycles. The van der Waals surface area contributed by atoms with Crippen LogP contribution in [0.4, 0.5) is 13.2 Å². The Bertz CT molecular complexity index is 818. The zero-order valence-electron chi connectivity index (χ0n) is 14.3. The highest BCUT2D eigenvalue weighted by molar-refractivity contribution is 5.87. The minimum atomic E-state index is -4.53. The van der Waals surface area contributed by atoms with Gasteiger partial charge in [-0.3, -0.25) is 4.79 Å². The number of hydrogen-bond donors (Lipinski definition) is 3. The van der Waals surface area contributed by atoms with Crippen LogP contribution in [0.5, 0.6) is 0 Å². The van der Waals surface area contributed by atoms with Gasteiger partial charge < -0.3 is 15.5 Å². The van der Waals surface area contributed by atoms with Crippen LogP contribution in [0.15, 0.2) is 48.5 Å². The van der Waals surface area contributed by atoms with Crippen molar-refractivity contribution in [3.63, 3.8) is 0 Å². The lowest BCUT2D eigenvalue weighted by atomic mass is 10.0. The first-order valence-electron chi connectivity index (χ1n) is 8.02. The van der Waals surface area contributed by atoms with Crippen molar-refractivity contribution < 1.29 is 33.0 Å². The topological polar surface area (TPSA) is 86.6 Å². The van der Waals surface area contributed by atoms with Crippen molar-refractivity contribution in [2.75, 3.05) is 0 Å². The van der Waals surface area contributed by atoms with Crippen LogP contribution < -0.4 is 5.32 Å². The van der Waals surface area contributed by atoms with Crippen LogP contribution in [0, 0.1) is 6.92 Å². The minimum absolute atomic E-state index is 0.00247. The average Bonchev–Trinajstić information content (AvgIpc) is 2.59. The number of alkyl halides is 3. The summed E-state index contributed by atoms with van der Waals surface area (Å²) in [5, 5.41) is 21.6. The van der Waals surface area contributed by atoms with Crippen molar-refractivity contribution in [2.24, 2.45) is 0 Å². The maximum atomic E-state index is 12.6. The number of rotatable bonds is 6. The van der Waals surface area contributed by atoms with E-state index in [0.717, 1.165) is 29.8 Å². The fraction of sp³-hybridized carbons (Fsp3) is 0.263. The van der Waals surface area contributed by atoms with Crippen LogP contribution >= 0.6 is 0 Å². The first-order valence-corrected chi connectivity index (χ1v) is 8.02. The van der Waals surface area contributed by atoms with Crippen molar-refractivity contribution in [1.29, 1.82) is 0 Å². The molecule has 0 aliphatic heterocycles. The number of aliphatic hydroxyl groups is 1. The fourth-order valence-corrected chi connectivity index (χ4v) is 2.53. The Labute approximate surface area is 153 Å². The monoisotopic (exact) mass is 381 g/mol. The molecule has 0 unspecified atom stereocenters. The first kappa shape index (κ1) is 20.4. The summed E-state index contributed by atoms with van der Waals surface area (Å²) in [6.07, 6.45) is -6.32. The molecular formula is C19H18F3NO4. The van der Waals surface area contributed by atoms with Crippen molar-refractivity contribution in [3.8, 4) is 0 Å². The normalized spacial score (nSPS) is 13.7. The molecule has 0 spiro atoms. The number of benzene rings is 2. The molecule has 0 aromatic heterocycles. The van der Waals surface area contributed by atoms with Crippen LogP contribution in [0.25, 0.3) is 0 Å². The summed E-state index contributed by atoms with van der Waals surface area (Å²) in [6.45, 7) is 1.84. The van der Waals surface area contributed by atoms with E-state index in [9.17, 15) is 33.0 Å². The number of carbonyl (C=O) groups excluding carboxylic acids is 1. The number of carbonyl (C=O) groups is 2. The molecule has 0 radical (unpaired) electrons. The second-order valence-corrected chi connectivity index (χ2v) is 6.11. The molecule has 0 fully saturated rings. The van der Waals surface area contributed by atoms with E-state index in [1.807, 2.05) is 13.0 Å². The number of halogens is 3. The minimum Gasteiger partial charge on any atom is -0.480 e. The molecule has 1 amide bonds. The molecule has 0 heterocycles. The van der Waals surface area contributed by atoms with Gasteiger partial charge in [0.1, 0.15) is 6.04 Å². The lowest BCUT2D eigenvalue weighted by molar-refractivity contribution is -0.143. The Balaban J connectivity index is 2.09. The van der Waals surface area contributed by atoms with Crippen molar-refractivity contribution >= 4 is 11.9 Å². The SMILES string of the molecule is Cc1cccc(C[C@@H](NC(=O)[C@@H](O)c2ccc(C(F)(F)F)cc2)C(=O)O)c1. The second-order valence-electron chi connectivity index (χ2n) is 6.11. The zero-order chi connectivity index (χ0) is 20.2. The molecule has 27 heavy (non-hydrogen) atoms. The molecular weight excluding hydrogens is 363 g/mol. The van der Waals surface area contributed by atoms with Crippen molar-refractivity contribution in [3.05, 3.63) is 70.8 Å². The summed E-state index contributed by atoms with van der Waals surface area (Å²) in [4.78, 5) is 23.6. The van der Waals surface area contributed by atoms with Gasteiger partial charge in [-0.1, -0.05) is 42.0 Å². The van der Waals surface area contributed by atoms with Crippen LogP contribution in [0.2, 0.25) is 0 Å². The van der Waals surface area contributed by atoms with Gasteiger partial charge in [0.05, 0.1) is 5.56 Å². The summed E-state index contributed by atoms with van der Waals surface area (Å²) in [5.74, 6) is -2.29. The van der Waals surface area contributed by atoms with Gasteiger partial charge in [-0.25, -0.2) is 4.79 Å². The van der Waals surface area contributed by atoms with Gasteiger partial charge >= 0.3 is 12.1 Å². The maximum absolute atomic E-state index is 12.6. The predicted octanol–water partition coefficient (Wildman–Crippen LogP) is 2.86. The van der Waals surface area contributed by atoms with Crippen LogP contribution in [0.3, 0.4) is 0 Å². The number of hydrogen-bond acceptors (Lipinski definition) is 3. The zero-order valence-corrected chi connectivity index (χ0v) is 14.3. The highest BCUT2D eigenvalue weighted by Crippen LogP contribution is 2.30. The van der Waals surface area contributed by atoms with E-state index in [1.54, 1.807) is 18.2 Å². The number of aryl methyl sites for hydroxylation is 1. The van der Waals surface area contributed by atoms with Gasteiger partial charge in [0.15, 0.2) is 6.10 Å². The number of carboxylic acid groups (broad SMARTS) is 1. The highest BCUT2D eigenvalue weighted by Gasteiger charge is 2.31. The van der Waals surface area contributed by atoms with E-state index < -0.39 is 35.8 Å². The summed E-state index contributed by atoms with van der Waals surface area (Å²) in [5.41, 5.74) is 0.626. The third-order valence-corrected chi connectivity index (χ3v) is 3.94. The number of aliphatic carboxylic acids is 1. The van der Waals surface area contributed by atoms with E-state index in [0.29, 0.717) is 5.56 Å². The van der Waals surface area contributed by atoms with Crippen molar-refractivity contribution in [2.45, 2.75) is 31.7 Å². The van der Waals surface area contributed by atoms with E-state index >= 15 is 0 Å². The molecule has 0 saturated carbocycles. The lowest BCUT2D eigenvalue weighted by Crippen LogP contribution is -2.44. The third-order valence-electron chi connectivity index (χ3n) is 3.94.